The third kappa shape index (κ3) is 6.59. The lowest BCUT2D eigenvalue weighted by atomic mass is 10.00. The SMILES string of the molecule is COc1ccc(NC(C)=O)c(NC(=O)CN2CCC(O)(CN3CCC(F)(F)CC3)C2)c1. The van der Waals surface area contributed by atoms with Gasteiger partial charge in [0.1, 0.15) is 5.75 Å². The van der Waals surface area contributed by atoms with Gasteiger partial charge in [-0.1, -0.05) is 0 Å². The topological polar surface area (TPSA) is 94.1 Å². The number of amides is 2. The number of halogens is 2. The zero-order valence-corrected chi connectivity index (χ0v) is 17.9. The number of nitrogens with zero attached hydrogens (tertiary/aromatic N) is 2. The van der Waals surface area contributed by atoms with Crippen molar-refractivity contribution in [3.05, 3.63) is 18.2 Å². The Balaban J connectivity index is 1.54. The Hall–Kier alpha value is -2.30. The maximum atomic E-state index is 13.3. The molecule has 10 heteroatoms. The summed E-state index contributed by atoms with van der Waals surface area (Å²) in [4.78, 5) is 27.7. The van der Waals surface area contributed by atoms with Crippen molar-refractivity contribution in [2.24, 2.45) is 0 Å². The number of carbonyl (C=O) groups is 2. The molecule has 2 amide bonds. The number of hydrogen-bond acceptors (Lipinski definition) is 6. The van der Waals surface area contributed by atoms with Crippen LogP contribution >= 0.6 is 0 Å². The molecular formula is C21H30F2N4O4. The summed E-state index contributed by atoms with van der Waals surface area (Å²) in [6, 6.07) is 4.94. The van der Waals surface area contributed by atoms with Crippen LogP contribution in [0.2, 0.25) is 0 Å². The van der Waals surface area contributed by atoms with Gasteiger partial charge in [0.25, 0.3) is 5.92 Å². The molecule has 0 saturated carbocycles. The number of methoxy groups -OCH3 is 1. The quantitative estimate of drug-likeness (QED) is 0.598. The zero-order chi connectivity index (χ0) is 22.6. The number of hydrogen-bond donors (Lipinski definition) is 3. The van der Waals surface area contributed by atoms with Gasteiger partial charge in [0.2, 0.25) is 11.8 Å². The van der Waals surface area contributed by atoms with Crippen LogP contribution in [-0.2, 0) is 9.59 Å². The van der Waals surface area contributed by atoms with E-state index < -0.39 is 11.5 Å². The summed E-state index contributed by atoms with van der Waals surface area (Å²) in [6.07, 6.45) is 0.0994. The van der Waals surface area contributed by atoms with Crippen molar-refractivity contribution in [2.45, 2.75) is 37.7 Å². The number of aliphatic hydroxyl groups is 1. The van der Waals surface area contributed by atoms with Crippen LogP contribution in [0.5, 0.6) is 5.75 Å². The van der Waals surface area contributed by atoms with Crippen molar-refractivity contribution in [3.8, 4) is 5.75 Å². The number of β-amino-alcohol motifs (C(OH)–C–C–N with tert-alkyl or cyclic N) is 1. The van der Waals surface area contributed by atoms with Crippen LogP contribution in [0.15, 0.2) is 18.2 Å². The minimum absolute atomic E-state index is 0.0666. The fourth-order valence-corrected chi connectivity index (χ4v) is 4.10. The summed E-state index contributed by atoms with van der Waals surface area (Å²) >= 11 is 0. The van der Waals surface area contributed by atoms with E-state index in [2.05, 4.69) is 10.6 Å². The van der Waals surface area contributed by atoms with E-state index in [-0.39, 0.29) is 44.3 Å². The van der Waals surface area contributed by atoms with E-state index in [9.17, 15) is 23.5 Å². The molecule has 2 aliphatic heterocycles. The second-order valence-electron chi connectivity index (χ2n) is 8.46. The van der Waals surface area contributed by atoms with E-state index in [4.69, 9.17) is 4.74 Å². The normalized spacial score (nSPS) is 24.0. The van der Waals surface area contributed by atoms with E-state index >= 15 is 0 Å². The van der Waals surface area contributed by atoms with E-state index in [1.807, 2.05) is 9.80 Å². The first-order valence-corrected chi connectivity index (χ1v) is 10.4. The number of nitrogens with one attached hydrogen (secondary N) is 2. The highest BCUT2D eigenvalue weighted by atomic mass is 19.3. The van der Waals surface area contributed by atoms with Gasteiger partial charge < -0.3 is 20.5 Å². The summed E-state index contributed by atoms with van der Waals surface area (Å²) < 4.78 is 31.9. The maximum Gasteiger partial charge on any atom is 0.250 e. The predicted octanol–water partition coefficient (Wildman–Crippen LogP) is 1.76. The fourth-order valence-electron chi connectivity index (χ4n) is 4.10. The Morgan fingerprint density at radius 1 is 1.10 bits per heavy atom. The van der Waals surface area contributed by atoms with Crippen LogP contribution in [0.4, 0.5) is 20.2 Å². The average molecular weight is 440 g/mol. The molecule has 0 bridgehead atoms. The van der Waals surface area contributed by atoms with E-state index in [1.54, 1.807) is 18.2 Å². The third-order valence-electron chi connectivity index (χ3n) is 5.70. The summed E-state index contributed by atoms with van der Waals surface area (Å²) in [6.45, 7) is 3.12. The van der Waals surface area contributed by atoms with Crippen LogP contribution in [0.3, 0.4) is 0 Å². The first kappa shape index (κ1) is 23.4. The number of alkyl halides is 2. The van der Waals surface area contributed by atoms with Crippen molar-refractivity contribution in [3.63, 3.8) is 0 Å². The van der Waals surface area contributed by atoms with Crippen molar-refractivity contribution < 1.29 is 28.2 Å². The van der Waals surface area contributed by atoms with Gasteiger partial charge >= 0.3 is 0 Å². The Morgan fingerprint density at radius 2 is 1.77 bits per heavy atom. The first-order valence-electron chi connectivity index (χ1n) is 10.4. The van der Waals surface area contributed by atoms with Gasteiger partial charge in [-0.2, -0.15) is 0 Å². The lowest BCUT2D eigenvalue weighted by Gasteiger charge is -2.36. The molecule has 0 radical (unpaired) electrons. The Labute approximate surface area is 180 Å². The second-order valence-corrected chi connectivity index (χ2v) is 8.46. The molecule has 1 atom stereocenters. The molecule has 8 nitrogen and oxygen atoms in total. The predicted molar refractivity (Wildman–Crippen MR) is 113 cm³/mol. The molecule has 31 heavy (non-hydrogen) atoms. The van der Waals surface area contributed by atoms with E-state index in [0.717, 1.165) is 0 Å². The molecule has 2 heterocycles. The number of anilines is 2. The molecule has 1 aromatic rings. The number of carbonyl (C=O) groups excluding carboxylic acids is 2. The highest BCUT2D eigenvalue weighted by molar-refractivity contribution is 5.99. The lowest BCUT2D eigenvalue weighted by Crippen LogP contribution is -2.49. The summed E-state index contributed by atoms with van der Waals surface area (Å²) in [5, 5.41) is 16.3. The molecule has 3 N–H and O–H groups in total. The van der Waals surface area contributed by atoms with E-state index in [1.165, 1.54) is 14.0 Å². The standard InChI is InChI=1S/C21H30F2N4O4/c1-15(28)24-17-4-3-16(31-2)11-18(17)25-19(29)12-27-8-5-20(30,14-27)13-26-9-6-21(22,23)7-10-26/h3-4,11,30H,5-10,12-14H2,1-2H3,(H,24,28)(H,25,29). The largest absolute Gasteiger partial charge is 0.497 e. The van der Waals surface area contributed by atoms with Crippen LogP contribution < -0.4 is 15.4 Å². The van der Waals surface area contributed by atoms with E-state index in [0.29, 0.717) is 43.2 Å². The van der Waals surface area contributed by atoms with Gasteiger partial charge in [0.05, 0.1) is 30.6 Å². The lowest BCUT2D eigenvalue weighted by molar-refractivity contribution is -0.117. The summed E-state index contributed by atoms with van der Waals surface area (Å²) in [7, 11) is 1.51. The van der Waals surface area contributed by atoms with Gasteiger partial charge in [-0.25, -0.2) is 8.78 Å². The fraction of sp³-hybridized carbons (Fsp3) is 0.619. The van der Waals surface area contributed by atoms with Crippen molar-refractivity contribution in [2.75, 3.05) is 57.0 Å². The highest BCUT2D eigenvalue weighted by Gasteiger charge is 2.41. The van der Waals surface area contributed by atoms with Crippen LogP contribution in [0.1, 0.15) is 26.2 Å². The average Bonchev–Trinajstić information content (AvgIpc) is 3.04. The van der Waals surface area contributed by atoms with Crippen LogP contribution in [0.25, 0.3) is 0 Å². The van der Waals surface area contributed by atoms with Crippen LogP contribution in [0, 0.1) is 0 Å². The van der Waals surface area contributed by atoms with Crippen molar-refractivity contribution >= 4 is 23.2 Å². The zero-order valence-electron chi connectivity index (χ0n) is 17.9. The second kappa shape index (κ2) is 9.46. The highest BCUT2D eigenvalue weighted by Crippen LogP contribution is 2.31. The smallest absolute Gasteiger partial charge is 0.250 e. The van der Waals surface area contributed by atoms with Gasteiger partial charge in [-0.3, -0.25) is 19.4 Å². The Bertz CT molecular complexity index is 813. The molecule has 2 aliphatic rings. The monoisotopic (exact) mass is 440 g/mol. The number of ether oxygens (including phenoxy) is 1. The first-order chi connectivity index (χ1) is 14.6. The number of piperidine rings is 1. The summed E-state index contributed by atoms with van der Waals surface area (Å²) in [5.41, 5.74) is -0.144. The Kier molecular flexibility index (Phi) is 7.13. The minimum atomic E-state index is -2.62. The molecule has 2 fully saturated rings. The van der Waals surface area contributed by atoms with Crippen molar-refractivity contribution in [1.82, 2.24) is 9.80 Å². The van der Waals surface area contributed by atoms with Crippen LogP contribution in [-0.4, -0.2) is 84.6 Å². The van der Waals surface area contributed by atoms with Gasteiger partial charge in [-0.15, -0.1) is 0 Å². The molecule has 0 aromatic heterocycles. The van der Waals surface area contributed by atoms with Gasteiger partial charge in [0, 0.05) is 58.6 Å². The Morgan fingerprint density at radius 3 is 2.42 bits per heavy atom. The molecule has 0 spiro atoms. The molecular weight excluding hydrogens is 410 g/mol. The third-order valence-corrected chi connectivity index (χ3v) is 5.70. The van der Waals surface area contributed by atoms with Gasteiger partial charge in [-0.05, 0) is 18.6 Å². The number of likely N-dealkylation sites (tertiary alicyclic amines) is 2. The molecule has 1 unspecified atom stereocenters. The molecule has 3 rings (SSSR count). The number of rotatable bonds is 7. The maximum absolute atomic E-state index is 13.3. The minimum Gasteiger partial charge on any atom is -0.497 e. The molecule has 0 aliphatic carbocycles. The number of benzene rings is 1. The van der Waals surface area contributed by atoms with Gasteiger partial charge in [0.15, 0.2) is 0 Å². The molecule has 1 aromatic carbocycles. The molecule has 2 saturated heterocycles. The molecule has 172 valence electrons. The summed E-state index contributed by atoms with van der Waals surface area (Å²) in [5.74, 6) is -2.63. The van der Waals surface area contributed by atoms with Crippen molar-refractivity contribution in [1.29, 1.82) is 0 Å².